The molecule has 1 atom stereocenters. The lowest BCUT2D eigenvalue weighted by molar-refractivity contribution is 0.0846. The Labute approximate surface area is 125 Å². The molecule has 1 aliphatic rings. The molecule has 1 aromatic rings. The third kappa shape index (κ3) is 4.14. The number of sulfone groups is 1. The van der Waals surface area contributed by atoms with Crippen LogP contribution >= 0.6 is 0 Å². The first-order chi connectivity index (χ1) is 9.82. The van der Waals surface area contributed by atoms with E-state index in [1.807, 2.05) is 6.92 Å². The van der Waals surface area contributed by atoms with E-state index >= 15 is 0 Å². The number of halogens is 1. The summed E-state index contributed by atoms with van der Waals surface area (Å²) >= 11 is 0. The molecule has 0 aliphatic heterocycles. The zero-order valence-corrected chi connectivity index (χ0v) is 13.2. The van der Waals surface area contributed by atoms with E-state index in [1.165, 1.54) is 12.1 Å². The largest absolute Gasteiger partial charge is 0.374 e. The van der Waals surface area contributed by atoms with Crippen LogP contribution < -0.4 is 0 Å². The van der Waals surface area contributed by atoms with Gasteiger partial charge in [0.05, 0.1) is 11.0 Å². The van der Waals surface area contributed by atoms with Crippen molar-refractivity contribution in [1.82, 2.24) is 0 Å². The summed E-state index contributed by atoms with van der Waals surface area (Å²) < 4.78 is 42.6. The van der Waals surface area contributed by atoms with Crippen molar-refractivity contribution in [3.05, 3.63) is 41.7 Å². The van der Waals surface area contributed by atoms with Crippen molar-refractivity contribution in [2.24, 2.45) is 5.92 Å². The number of ether oxygens (including phenoxy) is 1. The van der Waals surface area contributed by atoms with Gasteiger partial charge < -0.3 is 4.74 Å². The standard InChI is InChI=1S/C16H21FO3S/c1-4-20-16(11(2)12-5-6-12)9-13-7-8-14(10-15(13)17)21(3,18)19/h7-8,10,12,16H,2,4-6,9H2,1,3H3. The fraction of sp³-hybridized carbons (Fsp3) is 0.500. The molecule has 0 N–H and O–H groups in total. The van der Waals surface area contributed by atoms with Crippen LogP contribution in [0.15, 0.2) is 35.2 Å². The molecule has 0 saturated heterocycles. The average Bonchev–Trinajstić information content (AvgIpc) is 3.22. The van der Waals surface area contributed by atoms with Gasteiger partial charge in [-0.2, -0.15) is 0 Å². The number of rotatable bonds is 7. The highest BCUT2D eigenvalue weighted by molar-refractivity contribution is 7.90. The number of hydrogen-bond donors (Lipinski definition) is 0. The fourth-order valence-electron chi connectivity index (χ4n) is 2.34. The molecule has 0 radical (unpaired) electrons. The predicted octanol–water partition coefficient (Wildman–Crippen LogP) is 3.14. The van der Waals surface area contributed by atoms with Crippen LogP contribution in [-0.2, 0) is 21.0 Å². The second kappa shape index (κ2) is 6.28. The summed E-state index contributed by atoms with van der Waals surface area (Å²) in [4.78, 5) is -0.00210. The van der Waals surface area contributed by atoms with Crippen LogP contribution in [0.3, 0.4) is 0 Å². The molecule has 1 saturated carbocycles. The molecular formula is C16H21FO3S. The Morgan fingerprint density at radius 1 is 1.48 bits per heavy atom. The van der Waals surface area contributed by atoms with Crippen LogP contribution in [0.5, 0.6) is 0 Å². The quantitative estimate of drug-likeness (QED) is 0.727. The van der Waals surface area contributed by atoms with Crippen molar-refractivity contribution in [3.63, 3.8) is 0 Å². The van der Waals surface area contributed by atoms with Gasteiger partial charge in [-0.05, 0) is 49.0 Å². The van der Waals surface area contributed by atoms with Gasteiger partial charge in [0, 0.05) is 19.3 Å². The maximum atomic E-state index is 14.1. The van der Waals surface area contributed by atoms with Crippen LogP contribution in [0.2, 0.25) is 0 Å². The SMILES string of the molecule is C=C(C1CC1)C(Cc1ccc(S(C)(=O)=O)cc1F)OCC. The molecule has 116 valence electrons. The molecular weight excluding hydrogens is 291 g/mol. The third-order valence-electron chi connectivity index (χ3n) is 3.74. The second-order valence-electron chi connectivity index (χ2n) is 5.52. The van der Waals surface area contributed by atoms with Crippen molar-refractivity contribution in [1.29, 1.82) is 0 Å². The molecule has 0 spiro atoms. The highest BCUT2D eigenvalue weighted by Crippen LogP contribution is 2.38. The molecule has 1 aromatic carbocycles. The highest BCUT2D eigenvalue weighted by Gasteiger charge is 2.30. The van der Waals surface area contributed by atoms with E-state index < -0.39 is 15.7 Å². The van der Waals surface area contributed by atoms with Crippen molar-refractivity contribution >= 4 is 9.84 Å². The summed E-state index contributed by atoms with van der Waals surface area (Å²) in [5.74, 6) is -0.0221. The molecule has 1 unspecified atom stereocenters. The molecule has 5 heteroatoms. The lowest BCUT2D eigenvalue weighted by Gasteiger charge is -2.20. The van der Waals surface area contributed by atoms with E-state index in [1.54, 1.807) is 0 Å². The van der Waals surface area contributed by atoms with Gasteiger partial charge in [-0.15, -0.1) is 0 Å². The Hall–Kier alpha value is -1.20. The molecule has 21 heavy (non-hydrogen) atoms. The second-order valence-corrected chi connectivity index (χ2v) is 7.54. The zero-order chi connectivity index (χ0) is 15.6. The topological polar surface area (TPSA) is 43.4 Å². The maximum absolute atomic E-state index is 14.1. The first-order valence-electron chi connectivity index (χ1n) is 7.11. The van der Waals surface area contributed by atoms with Crippen LogP contribution in [0.4, 0.5) is 4.39 Å². The summed E-state index contributed by atoms with van der Waals surface area (Å²) in [6, 6.07) is 4.04. The van der Waals surface area contributed by atoms with E-state index in [0.29, 0.717) is 24.5 Å². The molecule has 0 amide bonds. The molecule has 1 aliphatic carbocycles. The van der Waals surface area contributed by atoms with Crippen LogP contribution in [-0.4, -0.2) is 27.4 Å². The van der Waals surface area contributed by atoms with Gasteiger partial charge in [0.25, 0.3) is 0 Å². The molecule has 0 aromatic heterocycles. The Bertz CT molecular complexity index is 633. The van der Waals surface area contributed by atoms with Crippen molar-refractivity contribution in [2.45, 2.75) is 37.2 Å². The van der Waals surface area contributed by atoms with E-state index in [-0.39, 0.29) is 11.0 Å². The summed E-state index contributed by atoms with van der Waals surface area (Å²) in [5, 5.41) is 0. The smallest absolute Gasteiger partial charge is 0.175 e. The lowest BCUT2D eigenvalue weighted by Crippen LogP contribution is -2.20. The van der Waals surface area contributed by atoms with Crippen LogP contribution in [0.25, 0.3) is 0 Å². The Kier molecular flexibility index (Phi) is 4.84. The van der Waals surface area contributed by atoms with Crippen molar-refractivity contribution < 1.29 is 17.5 Å². The van der Waals surface area contributed by atoms with E-state index in [2.05, 4.69) is 6.58 Å². The van der Waals surface area contributed by atoms with Gasteiger partial charge in [0.1, 0.15) is 5.82 Å². The number of hydrogen-bond acceptors (Lipinski definition) is 3. The Morgan fingerprint density at radius 2 is 2.14 bits per heavy atom. The molecule has 0 bridgehead atoms. The maximum Gasteiger partial charge on any atom is 0.175 e. The molecule has 3 nitrogen and oxygen atoms in total. The fourth-order valence-corrected chi connectivity index (χ4v) is 2.97. The highest BCUT2D eigenvalue weighted by atomic mass is 32.2. The van der Waals surface area contributed by atoms with Crippen LogP contribution in [0.1, 0.15) is 25.3 Å². The van der Waals surface area contributed by atoms with Gasteiger partial charge in [-0.3, -0.25) is 0 Å². The van der Waals surface area contributed by atoms with E-state index in [0.717, 1.165) is 30.7 Å². The molecule has 0 heterocycles. The first-order valence-corrected chi connectivity index (χ1v) is 9.00. The van der Waals surface area contributed by atoms with Gasteiger partial charge in [-0.1, -0.05) is 12.6 Å². The van der Waals surface area contributed by atoms with Crippen LogP contribution in [0, 0.1) is 11.7 Å². The summed E-state index contributed by atoms with van der Waals surface area (Å²) in [5.41, 5.74) is 1.48. The molecule has 1 fully saturated rings. The normalized spacial score (nSPS) is 16.7. The summed E-state index contributed by atoms with van der Waals surface area (Å²) in [6.45, 7) is 6.52. The van der Waals surface area contributed by atoms with E-state index in [9.17, 15) is 12.8 Å². The third-order valence-corrected chi connectivity index (χ3v) is 4.85. The zero-order valence-electron chi connectivity index (χ0n) is 12.4. The van der Waals surface area contributed by atoms with Gasteiger partial charge in [0.15, 0.2) is 9.84 Å². The predicted molar refractivity (Wildman–Crippen MR) is 80.5 cm³/mol. The first kappa shape index (κ1) is 16.2. The van der Waals surface area contributed by atoms with Gasteiger partial charge >= 0.3 is 0 Å². The average molecular weight is 312 g/mol. The Morgan fingerprint density at radius 3 is 2.62 bits per heavy atom. The number of benzene rings is 1. The lowest BCUT2D eigenvalue weighted by atomic mass is 9.99. The van der Waals surface area contributed by atoms with Gasteiger partial charge in [-0.25, -0.2) is 12.8 Å². The summed E-state index contributed by atoms with van der Waals surface area (Å²) in [7, 11) is -3.39. The minimum Gasteiger partial charge on any atom is -0.374 e. The Balaban J connectivity index is 2.18. The van der Waals surface area contributed by atoms with Crippen molar-refractivity contribution in [2.75, 3.05) is 12.9 Å². The molecule has 2 rings (SSSR count). The monoisotopic (exact) mass is 312 g/mol. The summed E-state index contributed by atoms with van der Waals surface area (Å²) in [6.07, 6.45) is 3.50. The van der Waals surface area contributed by atoms with E-state index in [4.69, 9.17) is 4.74 Å². The van der Waals surface area contributed by atoms with Crippen molar-refractivity contribution in [3.8, 4) is 0 Å². The minimum absolute atomic E-state index is 0.00210. The van der Waals surface area contributed by atoms with Gasteiger partial charge in [0.2, 0.25) is 0 Å². The minimum atomic E-state index is -3.39.